The number of methoxy groups -OCH3 is 1. The van der Waals surface area contributed by atoms with Crippen molar-refractivity contribution < 1.29 is 19.0 Å². The van der Waals surface area contributed by atoms with E-state index in [4.69, 9.17) is 14.2 Å². The summed E-state index contributed by atoms with van der Waals surface area (Å²) in [6, 6.07) is 12.6. The van der Waals surface area contributed by atoms with Gasteiger partial charge in [0.05, 0.1) is 28.8 Å². The molecule has 9 heteroatoms. The molecule has 4 rings (SSSR count). The molecule has 1 aromatic heterocycles. The molecule has 3 aromatic rings. The van der Waals surface area contributed by atoms with E-state index in [0.29, 0.717) is 40.7 Å². The first-order valence-electron chi connectivity index (χ1n) is 10.3. The maximum atomic E-state index is 13.2. The van der Waals surface area contributed by atoms with Crippen LogP contribution in [-0.2, 0) is 16.1 Å². The van der Waals surface area contributed by atoms with Crippen molar-refractivity contribution in [3.05, 3.63) is 58.4 Å². The van der Waals surface area contributed by atoms with Crippen LogP contribution in [0, 0.1) is 0 Å². The number of benzene rings is 2. The molecule has 1 N–H and O–H groups in total. The first-order chi connectivity index (χ1) is 15.5. The topological polar surface area (TPSA) is 91.7 Å². The summed E-state index contributed by atoms with van der Waals surface area (Å²) in [5, 5.41) is 3.51. The van der Waals surface area contributed by atoms with Crippen LogP contribution >= 0.6 is 11.8 Å². The van der Waals surface area contributed by atoms with Crippen LogP contribution in [0.2, 0.25) is 0 Å². The molecule has 2 unspecified atom stereocenters. The maximum Gasteiger partial charge on any atom is 0.262 e. The third-order valence-corrected chi connectivity index (χ3v) is 6.25. The van der Waals surface area contributed by atoms with Crippen molar-refractivity contribution in [2.24, 2.45) is 0 Å². The van der Waals surface area contributed by atoms with Crippen LogP contribution in [0.3, 0.4) is 0 Å². The number of carbonyl (C=O) groups excluding carboxylic acids is 1. The number of amides is 1. The molecule has 0 bridgehead atoms. The van der Waals surface area contributed by atoms with E-state index in [2.05, 4.69) is 10.3 Å². The van der Waals surface area contributed by atoms with Gasteiger partial charge in [-0.1, -0.05) is 30.0 Å². The predicted octanol–water partition coefficient (Wildman–Crippen LogP) is 3.13. The van der Waals surface area contributed by atoms with Gasteiger partial charge in [-0.15, -0.1) is 0 Å². The molecule has 0 radical (unpaired) electrons. The van der Waals surface area contributed by atoms with Crippen molar-refractivity contribution in [2.45, 2.75) is 36.8 Å². The number of hydrogen-bond donors (Lipinski definition) is 1. The number of thioether (sulfide) groups is 1. The molecule has 168 valence electrons. The number of fused-ring (bicyclic) bond motifs is 2. The van der Waals surface area contributed by atoms with Gasteiger partial charge >= 0.3 is 0 Å². The van der Waals surface area contributed by atoms with Gasteiger partial charge in [0.25, 0.3) is 5.56 Å². The highest BCUT2D eigenvalue weighted by atomic mass is 32.2. The Kier molecular flexibility index (Phi) is 6.66. The molecular formula is C23H25N3O5S. The highest BCUT2D eigenvalue weighted by Gasteiger charge is 2.22. The number of nitrogens with zero attached hydrogens (tertiary/aromatic N) is 2. The molecule has 2 aromatic carbocycles. The summed E-state index contributed by atoms with van der Waals surface area (Å²) in [5.41, 5.74) is 1.37. The molecule has 0 saturated carbocycles. The number of carbonyl (C=O) groups is 1. The normalized spacial score (nSPS) is 14.3. The molecule has 32 heavy (non-hydrogen) atoms. The number of ether oxygens (including phenoxy) is 3. The summed E-state index contributed by atoms with van der Waals surface area (Å²) in [4.78, 5) is 30.6. The average molecular weight is 456 g/mol. The maximum absolute atomic E-state index is 13.2. The summed E-state index contributed by atoms with van der Waals surface area (Å²) in [6.45, 7) is 4.62. The van der Waals surface area contributed by atoms with Gasteiger partial charge in [0, 0.05) is 13.7 Å². The Morgan fingerprint density at radius 2 is 2.00 bits per heavy atom. The first kappa shape index (κ1) is 22.2. The van der Waals surface area contributed by atoms with Crippen LogP contribution in [0.1, 0.15) is 25.5 Å². The van der Waals surface area contributed by atoms with E-state index in [1.165, 1.54) is 11.8 Å². The van der Waals surface area contributed by atoms with E-state index in [1.807, 2.05) is 37.3 Å². The Bertz CT molecular complexity index is 1200. The van der Waals surface area contributed by atoms with Crippen molar-refractivity contribution >= 4 is 28.6 Å². The lowest BCUT2D eigenvalue weighted by Gasteiger charge is -2.20. The molecule has 8 nitrogen and oxygen atoms in total. The summed E-state index contributed by atoms with van der Waals surface area (Å²) in [6.07, 6.45) is 0. The molecule has 2 heterocycles. The van der Waals surface area contributed by atoms with Gasteiger partial charge in [0.1, 0.15) is 0 Å². The lowest BCUT2D eigenvalue weighted by atomic mass is 10.2. The third-order valence-electron chi connectivity index (χ3n) is 5.18. The number of hydrogen-bond acceptors (Lipinski definition) is 7. The predicted molar refractivity (Wildman–Crippen MR) is 122 cm³/mol. The van der Waals surface area contributed by atoms with E-state index < -0.39 is 5.25 Å². The Balaban J connectivity index is 1.52. The molecule has 2 atom stereocenters. The van der Waals surface area contributed by atoms with E-state index in [-0.39, 0.29) is 24.3 Å². The average Bonchev–Trinajstić information content (AvgIpc) is 3.25. The Labute approximate surface area is 189 Å². The van der Waals surface area contributed by atoms with E-state index in [0.717, 1.165) is 5.56 Å². The monoisotopic (exact) mass is 455 g/mol. The Morgan fingerprint density at radius 1 is 1.22 bits per heavy atom. The van der Waals surface area contributed by atoms with Crippen molar-refractivity contribution in [3.63, 3.8) is 0 Å². The van der Waals surface area contributed by atoms with Gasteiger partial charge in [0.15, 0.2) is 16.7 Å². The second kappa shape index (κ2) is 9.62. The fourth-order valence-electron chi connectivity index (χ4n) is 3.51. The van der Waals surface area contributed by atoms with Gasteiger partial charge in [-0.3, -0.25) is 14.2 Å². The van der Waals surface area contributed by atoms with E-state index in [9.17, 15) is 9.59 Å². The van der Waals surface area contributed by atoms with Gasteiger partial charge in [-0.05, 0) is 43.7 Å². The smallest absolute Gasteiger partial charge is 0.262 e. The summed E-state index contributed by atoms with van der Waals surface area (Å²) in [7, 11) is 1.59. The van der Waals surface area contributed by atoms with Crippen LogP contribution in [0.25, 0.3) is 10.9 Å². The van der Waals surface area contributed by atoms with Gasteiger partial charge < -0.3 is 19.5 Å². The quantitative estimate of drug-likeness (QED) is 0.412. The number of rotatable bonds is 8. The molecule has 1 aliphatic rings. The van der Waals surface area contributed by atoms with Crippen molar-refractivity contribution in [1.29, 1.82) is 0 Å². The number of nitrogens with one attached hydrogen (secondary N) is 1. The second-order valence-electron chi connectivity index (χ2n) is 7.56. The molecule has 0 spiro atoms. The lowest BCUT2D eigenvalue weighted by Crippen LogP contribution is -2.33. The minimum Gasteiger partial charge on any atom is -0.454 e. The van der Waals surface area contributed by atoms with Crippen LogP contribution in [-0.4, -0.2) is 41.2 Å². The van der Waals surface area contributed by atoms with Gasteiger partial charge in [0.2, 0.25) is 12.7 Å². The number of aromatic nitrogens is 2. The zero-order valence-electron chi connectivity index (χ0n) is 18.2. The summed E-state index contributed by atoms with van der Waals surface area (Å²) < 4.78 is 17.6. The van der Waals surface area contributed by atoms with Crippen LogP contribution in [0.5, 0.6) is 11.5 Å². The molecule has 1 aliphatic heterocycles. The fourth-order valence-corrected chi connectivity index (χ4v) is 4.54. The zero-order chi connectivity index (χ0) is 22.7. The Hall–Kier alpha value is -3.04. The summed E-state index contributed by atoms with van der Waals surface area (Å²) in [5.74, 6) is 1.23. The molecule has 0 aliphatic carbocycles. The number of para-hydroxylation sites is 1. The van der Waals surface area contributed by atoms with E-state index >= 15 is 0 Å². The standard InChI is InChI=1S/C23H25N3O5S/c1-14(12-29-3)26-22(28)17-6-4-5-7-18(17)25-23(26)32-15(2)21(27)24-11-16-8-9-19-20(10-16)31-13-30-19/h4-10,14-15H,11-13H2,1-3H3,(H,24,27). The largest absolute Gasteiger partial charge is 0.454 e. The third kappa shape index (κ3) is 4.58. The second-order valence-corrected chi connectivity index (χ2v) is 8.86. The summed E-state index contributed by atoms with van der Waals surface area (Å²) >= 11 is 1.26. The van der Waals surface area contributed by atoms with Crippen molar-refractivity contribution in [1.82, 2.24) is 14.9 Å². The van der Waals surface area contributed by atoms with Crippen LogP contribution in [0.15, 0.2) is 52.4 Å². The zero-order valence-corrected chi connectivity index (χ0v) is 19.0. The Morgan fingerprint density at radius 3 is 2.81 bits per heavy atom. The SMILES string of the molecule is COCC(C)n1c(SC(C)C(=O)NCc2ccc3c(c2)OCO3)nc2ccccc2c1=O. The van der Waals surface area contributed by atoms with Crippen LogP contribution < -0.4 is 20.3 Å². The molecule has 1 amide bonds. The molecule has 0 saturated heterocycles. The molecular weight excluding hydrogens is 430 g/mol. The highest BCUT2D eigenvalue weighted by Crippen LogP contribution is 2.32. The van der Waals surface area contributed by atoms with Gasteiger partial charge in [-0.2, -0.15) is 0 Å². The minimum atomic E-state index is -0.460. The minimum absolute atomic E-state index is 0.143. The van der Waals surface area contributed by atoms with Crippen molar-refractivity contribution in [2.75, 3.05) is 20.5 Å². The van der Waals surface area contributed by atoms with Gasteiger partial charge in [-0.25, -0.2) is 4.98 Å². The highest BCUT2D eigenvalue weighted by molar-refractivity contribution is 8.00. The van der Waals surface area contributed by atoms with E-state index in [1.54, 1.807) is 30.7 Å². The first-order valence-corrected chi connectivity index (χ1v) is 11.2. The molecule has 0 fully saturated rings. The van der Waals surface area contributed by atoms with Crippen molar-refractivity contribution in [3.8, 4) is 11.5 Å². The fraction of sp³-hybridized carbons (Fsp3) is 0.348. The van der Waals surface area contributed by atoms with Crippen LogP contribution in [0.4, 0.5) is 0 Å². The lowest BCUT2D eigenvalue weighted by molar-refractivity contribution is -0.120.